The fraction of sp³-hybridized carbons (Fsp3) is 0.571. The molecule has 0 radical (unpaired) electrons. The first kappa shape index (κ1) is 17.2. The number of rotatable bonds is 4. The van der Waals surface area contributed by atoms with Gasteiger partial charge in [0.15, 0.2) is 0 Å². The van der Waals surface area contributed by atoms with Gasteiger partial charge < -0.3 is 5.11 Å². The van der Waals surface area contributed by atoms with E-state index in [2.05, 4.69) is 4.72 Å². The second-order valence-electron chi connectivity index (χ2n) is 5.54. The zero-order valence-corrected chi connectivity index (χ0v) is 12.6. The lowest BCUT2D eigenvalue weighted by atomic mass is 9.87. The third-order valence-electron chi connectivity index (χ3n) is 3.92. The molecule has 8 heteroatoms. The highest BCUT2D eigenvalue weighted by Gasteiger charge is 2.31. The van der Waals surface area contributed by atoms with Gasteiger partial charge in [-0.25, -0.2) is 13.1 Å². The maximum atomic E-state index is 12.5. The first-order valence-corrected chi connectivity index (χ1v) is 8.51. The summed E-state index contributed by atoms with van der Waals surface area (Å²) in [6, 6.07) is 3.21. The number of alkyl halides is 3. The van der Waals surface area contributed by atoms with Crippen molar-refractivity contribution in [3.05, 3.63) is 29.8 Å². The molecule has 0 spiro atoms. The Morgan fingerprint density at radius 1 is 1.09 bits per heavy atom. The monoisotopic (exact) mass is 337 g/mol. The molecule has 2 rings (SSSR count). The van der Waals surface area contributed by atoms with E-state index in [1.165, 1.54) is 0 Å². The molecule has 1 saturated carbocycles. The fourth-order valence-electron chi connectivity index (χ4n) is 2.57. The number of aliphatic hydroxyl groups excluding tert-OH is 1. The Morgan fingerprint density at radius 2 is 1.64 bits per heavy atom. The average molecular weight is 337 g/mol. The molecule has 4 nitrogen and oxygen atoms in total. The standard InChI is InChI=1S/C14H18F3NO3S/c15-14(16,17)11-3-7-13(8-4-11)22(20,21)18-12-5-1-10(9-19)2-6-12/h3-4,7-8,10,12,18-19H,1-2,5-6,9H2. The molecule has 0 bridgehead atoms. The molecule has 0 heterocycles. The van der Waals surface area contributed by atoms with Crippen molar-refractivity contribution in [2.45, 2.75) is 42.8 Å². The third kappa shape index (κ3) is 4.21. The Hall–Kier alpha value is -1.12. The van der Waals surface area contributed by atoms with E-state index in [1.54, 1.807) is 0 Å². The molecule has 0 aliphatic heterocycles. The summed E-state index contributed by atoms with van der Waals surface area (Å²) in [5, 5.41) is 9.05. The van der Waals surface area contributed by atoms with Gasteiger partial charge in [0.25, 0.3) is 0 Å². The summed E-state index contributed by atoms with van der Waals surface area (Å²) in [7, 11) is -3.83. The zero-order valence-electron chi connectivity index (χ0n) is 11.8. The van der Waals surface area contributed by atoms with E-state index >= 15 is 0 Å². The molecule has 22 heavy (non-hydrogen) atoms. The van der Waals surface area contributed by atoms with Crippen LogP contribution in [0, 0.1) is 5.92 Å². The average Bonchev–Trinajstić information content (AvgIpc) is 2.47. The fourth-order valence-corrected chi connectivity index (χ4v) is 3.88. The summed E-state index contributed by atoms with van der Waals surface area (Å²) >= 11 is 0. The van der Waals surface area contributed by atoms with E-state index in [4.69, 9.17) is 5.11 Å². The van der Waals surface area contributed by atoms with Gasteiger partial charge >= 0.3 is 6.18 Å². The summed E-state index contributed by atoms with van der Waals surface area (Å²) in [6.45, 7) is 0.0956. The molecule has 0 saturated heterocycles. The molecular formula is C14H18F3NO3S. The lowest BCUT2D eigenvalue weighted by molar-refractivity contribution is -0.137. The van der Waals surface area contributed by atoms with Crippen molar-refractivity contribution in [1.82, 2.24) is 4.72 Å². The second-order valence-corrected chi connectivity index (χ2v) is 7.26. The van der Waals surface area contributed by atoms with E-state index in [0.29, 0.717) is 12.8 Å². The van der Waals surface area contributed by atoms with Crippen LogP contribution in [-0.4, -0.2) is 26.2 Å². The smallest absolute Gasteiger partial charge is 0.396 e. The maximum Gasteiger partial charge on any atom is 0.416 e. The quantitative estimate of drug-likeness (QED) is 0.887. The summed E-state index contributed by atoms with van der Waals surface area (Å²) in [5.74, 6) is 0.201. The van der Waals surface area contributed by atoms with Crippen LogP contribution in [0.1, 0.15) is 31.2 Å². The highest BCUT2D eigenvalue weighted by molar-refractivity contribution is 7.89. The van der Waals surface area contributed by atoms with Gasteiger partial charge in [0.05, 0.1) is 10.5 Å². The van der Waals surface area contributed by atoms with E-state index < -0.39 is 21.8 Å². The van der Waals surface area contributed by atoms with Crippen molar-refractivity contribution in [1.29, 1.82) is 0 Å². The summed E-state index contributed by atoms with van der Waals surface area (Å²) < 4.78 is 64.3. The minimum absolute atomic E-state index is 0.0956. The number of sulfonamides is 1. The van der Waals surface area contributed by atoms with Crippen molar-refractivity contribution in [3.8, 4) is 0 Å². The van der Waals surface area contributed by atoms with Gasteiger partial charge in [-0.15, -0.1) is 0 Å². The Kier molecular flexibility index (Phi) is 5.14. The van der Waals surface area contributed by atoms with Gasteiger partial charge in [-0.05, 0) is 55.9 Å². The number of aliphatic hydroxyl groups is 1. The van der Waals surface area contributed by atoms with Gasteiger partial charge in [-0.1, -0.05) is 0 Å². The van der Waals surface area contributed by atoms with E-state index in [0.717, 1.165) is 37.1 Å². The molecule has 1 fully saturated rings. The Bertz CT molecular complexity index is 591. The first-order valence-electron chi connectivity index (χ1n) is 7.03. The van der Waals surface area contributed by atoms with Gasteiger partial charge in [0, 0.05) is 12.6 Å². The molecule has 124 valence electrons. The molecule has 2 N–H and O–H groups in total. The number of hydrogen-bond donors (Lipinski definition) is 2. The molecule has 0 amide bonds. The predicted molar refractivity (Wildman–Crippen MR) is 74.6 cm³/mol. The van der Waals surface area contributed by atoms with E-state index in [9.17, 15) is 21.6 Å². The largest absolute Gasteiger partial charge is 0.416 e. The molecule has 0 aromatic heterocycles. The molecular weight excluding hydrogens is 319 g/mol. The van der Waals surface area contributed by atoms with Crippen LogP contribution in [0.4, 0.5) is 13.2 Å². The molecule has 1 aromatic carbocycles. The number of hydrogen-bond acceptors (Lipinski definition) is 3. The Morgan fingerprint density at radius 3 is 2.09 bits per heavy atom. The van der Waals surface area contributed by atoms with Gasteiger partial charge in [-0.3, -0.25) is 0 Å². The van der Waals surface area contributed by atoms with Gasteiger partial charge in [0.2, 0.25) is 10.0 Å². The summed E-state index contributed by atoms with van der Waals surface area (Å²) in [5.41, 5.74) is -0.880. The second kappa shape index (κ2) is 6.55. The van der Waals surface area contributed by atoms with Crippen LogP contribution < -0.4 is 4.72 Å². The van der Waals surface area contributed by atoms with Crippen molar-refractivity contribution >= 4 is 10.0 Å². The Balaban J connectivity index is 2.04. The van der Waals surface area contributed by atoms with Gasteiger partial charge in [-0.2, -0.15) is 13.2 Å². The van der Waals surface area contributed by atoms with Crippen molar-refractivity contribution < 1.29 is 26.7 Å². The zero-order chi connectivity index (χ0) is 16.4. The molecule has 0 atom stereocenters. The summed E-state index contributed by atoms with van der Waals surface area (Å²) in [6.07, 6.45) is -1.79. The van der Waals surface area contributed by atoms with Crippen molar-refractivity contribution in [3.63, 3.8) is 0 Å². The minimum Gasteiger partial charge on any atom is -0.396 e. The van der Waals surface area contributed by atoms with Gasteiger partial charge in [0.1, 0.15) is 0 Å². The molecule has 1 aliphatic carbocycles. The Labute approximate surface area is 127 Å². The van der Waals surface area contributed by atoms with Crippen LogP contribution >= 0.6 is 0 Å². The van der Waals surface area contributed by atoms with Crippen LogP contribution in [0.25, 0.3) is 0 Å². The van der Waals surface area contributed by atoms with Crippen LogP contribution in [0.15, 0.2) is 29.2 Å². The van der Waals surface area contributed by atoms with Crippen LogP contribution in [-0.2, 0) is 16.2 Å². The SMILES string of the molecule is O=S(=O)(NC1CCC(CO)CC1)c1ccc(C(F)(F)F)cc1. The summed E-state index contributed by atoms with van der Waals surface area (Å²) in [4.78, 5) is -0.176. The lowest BCUT2D eigenvalue weighted by Crippen LogP contribution is -2.38. The number of nitrogens with one attached hydrogen (secondary N) is 1. The van der Waals surface area contributed by atoms with Crippen molar-refractivity contribution in [2.24, 2.45) is 5.92 Å². The third-order valence-corrected chi connectivity index (χ3v) is 5.46. The van der Waals surface area contributed by atoms with E-state index in [-0.39, 0.29) is 23.5 Å². The van der Waals surface area contributed by atoms with E-state index in [1.807, 2.05) is 0 Å². The highest BCUT2D eigenvalue weighted by atomic mass is 32.2. The molecule has 1 aromatic rings. The lowest BCUT2D eigenvalue weighted by Gasteiger charge is -2.27. The van der Waals surface area contributed by atoms with Crippen LogP contribution in [0.2, 0.25) is 0 Å². The topological polar surface area (TPSA) is 66.4 Å². The first-order chi connectivity index (χ1) is 10.2. The maximum absolute atomic E-state index is 12.5. The predicted octanol–water partition coefficient (Wildman–Crippen LogP) is 2.53. The molecule has 0 unspecified atom stereocenters. The normalized spacial score (nSPS) is 23.5. The number of benzene rings is 1. The van der Waals surface area contributed by atoms with Crippen LogP contribution in [0.3, 0.4) is 0 Å². The highest BCUT2D eigenvalue weighted by Crippen LogP contribution is 2.30. The van der Waals surface area contributed by atoms with Crippen LogP contribution in [0.5, 0.6) is 0 Å². The molecule has 1 aliphatic rings. The number of halogens is 3. The minimum atomic E-state index is -4.49. The van der Waals surface area contributed by atoms with Crippen molar-refractivity contribution in [2.75, 3.05) is 6.61 Å².